The Labute approximate surface area is 495 Å². The number of nitrogens with zero attached hydrogens (tertiary/aromatic N) is 1. The summed E-state index contributed by atoms with van der Waals surface area (Å²) >= 11 is 0. The number of amides is 1. The first kappa shape index (κ1) is 77.2. The van der Waals surface area contributed by atoms with Crippen molar-refractivity contribution in [2.24, 2.45) is 0 Å². The monoisotopic (exact) mass is 1140 g/mol. The summed E-state index contributed by atoms with van der Waals surface area (Å²) in [7, 11) is 1.56. The minimum absolute atomic E-state index is 0.0550. The van der Waals surface area contributed by atoms with E-state index in [-0.39, 0.29) is 19.1 Å². The number of carbonyl (C=O) groups is 1. The quantitative estimate of drug-likeness (QED) is 0.0243. The van der Waals surface area contributed by atoms with Crippen LogP contribution in [0, 0.1) is 0 Å². The Balaban J connectivity index is 4.18. The fourth-order valence-electron chi connectivity index (χ4n) is 9.35. The van der Waals surface area contributed by atoms with Crippen LogP contribution in [0.5, 0.6) is 0 Å². The molecule has 462 valence electrons. The van der Waals surface area contributed by atoms with E-state index in [0.717, 1.165) is 96.3 Å². The van der Waals surface area contributed by atoms with Crippen LogP contribution in [-0.4, -0.2) is 73.4 Å². The Bertz CT molecular complexity index is 1670. The average molecular weight is 1140 g/mol. The summed E-state index contributed by atoms with van der Waals surface area (Å²) in [6.45, 7) is 4.71. The van der Waals surface area contributed by atoms with Crippen molar-refractivity contribution in [3.63, 3.8) is 0 Å². The number of aliphatic hydroxyl groups excluding tert-OH is 1. The number of rotatable bonds is 60. The van der Waals surface area contributed by atoms with Gasteiger partial charge in [-0.15, -0.1) is 0 Å². The minimum atomic E-state index is -4.36. The fraction of sp³-hybridized carbons (Fsp3) is 0.732. The molecule has 0 bridgehead atoms. The van der Waals surface area contributed by atoms with E-state index in [4.69, 9.17) is 9.05 Å². The van der Waals surface area contributed by atoms with Gasteiger partial charge >= 0.3 is 7.82 Å². The third kappa shape index (κ3) is 62.8. The van der Waals surface area contributed by atoms with Gasteiger partial charge in [0.2, 0.25) is 5.91 Å². The van der Waals surface area contributed by atoms with Gasteiger partial charge in [-0.25, -0.2) is 4.57 Å². The lowest BCUT2D eigenvalue weighted by molar-refractivity contribution is -0.870. The summed E-state index contributed by atoms with van der Waals surface area (Å²) in [5.41, 5.74) is 0. The summed E-state index contributed by atoms with van der Waals surface area (Å²) in [6, 6.07) is -0.860. The predicted molar refractivity (Wildman–Crippen MR) is 350 cm³/mol. The number of hydrogen-bond donors (Lipinski definition) is 3. The van der Waals surface area contributed by atoms with Gasteiger partial charge in [0.25, 0.3) is 0 Å². The van der Waals surface area contributed by atoms with E-state index in [0.29, 0.717) is 17.4 Å². The zero-order valence-corrected chi connectivity index (χ0v) is 53.7. The lowest BCUT2D eigenvalue weighted by Gasteiger charge is -2.25. The van der Waals surface area contributed by atoms with Crippen LogP contribution in [-0.2, 0) is 18.4 Å². The van der Waals surface area contributed by atoms with E-state index in [1.54, 1.807) is 6.08 Å². The van der Waals surface area contributed by atoms with Crippen LogP contribution in [0.1, 0.15) is 284 Å². The molecule has 9 heteroatoms. The number of quaternary nitrogens is 1. The molecule has 8 nitrogen and oxygen atoms in total. The molecule has 3 atom stereocenters. The third-order valence-electron chi connectivity index (χ3n) is 14.5. The number of aliphatic hydroxyl groups is 1. The van der Waals surface area contributed by atoms with E-state index >= 15 is 0 Å². The van der Waals surface area contributed by atoms with Gasteiger partial charge in [-0.3, -0.25) is 13.8 Å². The molecule has 0 heterocycles. The summed E-state index contributed by atoms with van der Waals surface area (Å²) in [5.74, 6) is -0.187. The van der Waals surface area contributed by atoms with Crippen molar-refractivity contribution in [1.82, 2.24) is 5.32 Å². The van der Waals surface area contributed by atoms with E-state index < -0.39 is 20.0 Å². The highest BCUT2D eigenvalue weighted by Gasteiger charge is 2.28. The topological polar surface area (TPSA) is 105 Å². The van der Waals surface area contributed by atoms with Gasteiger partial charge in [0.1, 0.15) is 13.2 Å². The molecule has 3 N–H and O–H groups in total. The van der Waals surface area contributed by atoms with Crippen LogP contribution in [0.3, 0.4) is 0 Å². The molecule has 80 heavy (non-hydrogen) atoms. The molecule has 0 saturated carbocycles. The van der Waals surface area contributed by atoms with Crippen LogP contribution in [0.4, 0.5) is 0 Å². The van der Waals surface area contributed by atoms with E-state index in [9.17, 15) is 19.4 Å². The molecule has 0 aromatic heterocycles. The Hall–Kier alpha value is -2.84. The van der Waals surface area contributed by atoms with Crippen molar-refractivity contribution >= 4 is 13.7 Å². The largest absolute Gasteiger partial charge is 0.472 e. The van der Waals surface area contributed by atoms with Crippen LogP contribution in [0.15, 0.2) is 109 Å². The summed E-state index contributed by atoms with van der Waals surface area (Å²) in [4.78, 5) is 23.4. The molecular weight excluding hydrogens is 1010 g/mol. The van der Waals surface area contributed by atoms with Crippen molar-refractivity contribution in [3.8, 4) is 0 Å². The zero-order valence-electron chi connectivity index (χ0n) is 52.8. The smallest absolute Gasteiger partial charge is 0.387 e. The second kappa shape index (κ2) is 60.7. The van der Waals surface area contributed by atoms with Gasteiger partial charge in [0.15, 0.2) is 0 Å². The van der Waals surface area contributed by atoms with Gasteiger partial charge < -0.3 is 19.8 Å². The Kier molecular flexibility index (Phi) is 58.6. The Morgan fingerprint density at radius 1 is 0.438 bits per heavy atom. The molecule has 0 saturated heterocycles. The number of phosphoric acid groups is 1. The number of allylic oxidation sites excluding steroid dienone is 17. The number of likely N-dealkylation sites (N-methyl/N-ethyl adjacent to an activating group) is 1. The molecule has 0 aliphatic rings. The van der Waals surface area contributed by atoms with E-state index in [1.165, 1.54) is 167 Å². The number of unbranched alkanes of at least 4 members (excludes halogenated alkanes) is 31. The number of hydrogen-bond acceptors (Lipinski definition) is 5. The van der Waals surface area contributed by atoms with Crippen molar-refractivity contribution in [1.29, 1.82) is 0 Å². The van der Waals surface area contributed by atoms with E-state index in [2.05, 4.69) is 116 Å². The molecule has 0 aromatic carbocycles. The van der Waals surface area contributed by atoms with Gasteiger partial charge in [-0.1, -0.05) is 303 Å². The molecule has 1 amide bonds. The number of phosphoric ester groups is 1. The second-order valence-electron chi connectivity index (χ2n) is 23.5. The Morgan fingerprint density at radius 2 is 0.750 bits per heavy atom. The molecule has 0 aliphatic heterocycles. The summed E-state index contributed by atoms with van der Waals surface area (Å²) in [6.07, 6.45) is 89.2. The molecule has 0 rings (SSSR count). The molecule has 0 spiro atoms. The van der Waals surface area contributed by atoms with Crippen LogP contribution >= 0.6 is 7.82 Å². The normalized spacial score (nSPS) is 14.4. The SMILES string of the molecule is CC/C=C\C/C=C\C/C=C\C/C=C\C/C=C\C/C=C\C/C=C\C/C=C\CCCCCCCCCCC(=O)NC(COP(=O)(O)OCC[N+](C)(C)C)C(O)/C=C/CCCCCCCCCCCCCCCCCCCCCCCCC. The first-order valence-corrected chi connectivity index (χ1v) is 34.8. The number of nitrogens with one attached hydrogen (secondary N) is 1. The first-order chi connectivity index (χ1) is 39.0. The van der Waals surface area contributed by atoms with Crippen molar-refractivity contribution < 1.29 is 32.9 Å². The number of carbonyl (C=O) groups excluding carboxylic acids is 1. The molecule has 0 aromatic rings. The maximum absolute atomic E-state index is 13.0. The van der Waals surface area contributed by atoms with Gasteiger partial charge in [0, 0.05) is 6.42 Å². The molecule has 3 unspecified atom stereocenters. The van der Waals surface area contributed by atoms with E-state index in [1.807, 2.05) is 27.2 Å². The van der Waals surface area contributed by atoms with Gasteiger partial charge in [0.05, 0.1) is 39.9 Å². The summed E-state index contributed by atoms with van der Waals surface area (Å²) < 4.78 is 23.8. The highest BCUT2D eigenvalue weighted by Crippen LogP contribution is 2.43. The molecular formula is C71H128N2O6P+. The highest BCUT2D eigenvalue weighted by molar-refractivity contribution is 7.47. The Morgan fingerprint density at radius 3 is 1.10 bits per heavy atom. The lowest BCUT2D eigenvalue weighted by Crippen LogP contribution is -2.45. The minimum Gasteiger partial charge on any atom is -0.387 e. The standard InChI is InChI=1S/C71H127N2O6P/c1-6-8-10-12-14-16-18-20-22-24-26-28-30-32-33-34-35-36-37-38-39-41-43-45-47-49-51-53-55-57-59-61-63-65-71(75)72-69(68-79-80(76,77)78-67-66-73(3,4)5)70(74)64-62-60-58-56-54-52-50-48-46-44-42-40-31-29-27-25-23-21-19-17-15-13-11-9-7-2/h8,10,14,16,20,22,26,28,32-33,35-36,38-39,43,45,62,64,69-70,74H,6-7,9,11-13,15,17-19,21,23-25,27,29-31,34,37,40-42,44,46-61,63,65-68H2,1-5H3,(H-,72,75,76,77)/p+1/b10-8-,16-14-,22-20-,28-26-,33-32-,36-35-,39-38-,45-43-,64-62+. The lowest BCUT2D eigenvalue weighted by atomic mass is 10.0. The maximum atomic E-state index is 13.0. The third-order valence-corrected chi connectivity index (χ3v) is 15.5. The van der Waals surface area contributed by atoms with Gasteiger partial charge in [-0.05, 0) is 83.5 Å². The van der Waals surface area contributed by atoms with Crippen molar-refractivity contribution in [3.05, 3.63) is 109 Å². The molecule has 0 fully saturated rings. The molecule has 0 aliphatic carbocycles. The van der Waals surface area contributed by atoms with Crippen molar-refractivity contribution in [2.45, 2.75) is 296 Å². The van der Waals surface area contributed by atoms with Crippen LogP contribution < -0.4 is 5.32 Å². The first-order valence-electron chi connectivity index (χ1n) is 33.3. The van der Waals surface area contributed by atoms with Crippen LogP contribution in [0.25, 0.3) is 0 Å². The maximum Gasteiger partial charge on any atom is 0.472 e. The fourth-order valence-corrected chi connectivity index (χ4v) is 10.1. The average Bonchev–Trinajstić information content (AvgIpc) is 3.42. The summed E-state index contributed by atoms with van der Waals surface area (Å²) in [5, 5.41) is 14.0. The van der Waals surface area contributed by atoms with Gasteiger partial charge in [-0.2, -0.15) is 0 Å². The second-order valence-corrected chi connectivity index (χ2v) is 24.9. The van der Waals surface area contributed by atoms with Crippen LogP contribution in [0.2, 0.25) is 0 Å². The zero-order chi connectivity index (χ0) is 58.4. The molecule has 0 radical (unpaired) electrons. The highest BCUT2D eigenvalue weighted by atomic mass is 31.2. The predicted octanol–water partition coefficient (Wildman–Crippen LogP) is 21.1. The van der Waals surface area contributed by atoms with Crippen molar-refractivity contribution in [2.75, 3.05) is 40.9 Å².